The highest BCUT2D eigenvalue weighted by Gasteiger charge is 2.22. The second kappa shape index (κ2) is 5.88. The Bertz CT molecular complexity index is 366. The third-order valence-electron chi connectivity index (χ3n) is 3.30. The summed E-state index contributed by atoms with van der Waals surface area (Å²) in [5, 5.41) is 4.30. The van der Waals surface area contributed by atoms with E-state index in [2.05, 4.69) is 45.1 Å². The monoisotopic (exact) mass is 253 g/mol. The second-order valence-electron chi connectivity index (χ2n) is 5.84. The molecule has 1 aromatic carbocycles. The van der Waals surface area contributed by atoms with E-state index in [0.29, 0.717) is 6.04 Å². The highest BCUT2D eigenvalue weighted by atomic mass is 35.5. The van der Waals surface area contributed by atoms with Gasteiger partial charge in [0.25, 0.3) is 0 Å². The molecule has 0 aliphatic carbocycles. The highest BCUT2D eigenvalue weighted by molar-refractivity contribution is 6.31. The van der Waals surface area contributed by atoms with Crippen LogP contribution in [-0.4, -0.2) is 13.1 Å². The van der Waals surface area contributed by atoms with Crippen molar-refractivity contribution < 1.29 is 0 Å². The summed E-state index contributed by atoms with van der Waals surface area (Å²) in [5.41, 5.74) is 2.76. The van der Waals surface area contributed by atoms with E-state index >= 15 is 0 Å². The van der Waals surface area contributed by atoms with E-state index in [4.69, 9.17) is 11.6 Å². The van der Waals surface area contributed by atoms with Gasteiger partial charge in [0.05, 0.1) is 0 Å². The third-order valence-corrected chi connectivity index (χ3v) is 3.66. The molecule has 0 fully saturated rings. The molecule has 1 unspecified atom stereocenters. The van der Waals surface area contributed by atoms with Crippen molar-refractivity contribution in [3.63, 3.8) is 0 Å². The van der Waals surface area contributed by atoms with Gasteiger partial charge >= 0.3 is 0 Å². The molecule has 1 aromatic rings. The van der Waals surface area contributed by atoms with E-state index in [1.165, 1.54) is 11.1 Å². The number of hydrogen-bond donors (Lipinski definition) is 1. The van der Waals surface area contributed by atoms with Crippen LogP contribution in [0.2, 0.25) is 5.02 Å². The van der Waals surface area contributed by atoms with Crippen molar-refractivity contribution in [3.8, 4) is 0 Å². The van der Waals surface area contributed by atoms with Crippen molar-refractivity contribution in [2.75, 3.05) is 7.05 Å². The Morgan fingerprint density at radius 2 is 1.94 bits per heavy atom. The molecular weight excluding hydrogens is 230 g/mol. The molecule has 0 saturated heterocycles. The van der Waals surface area contributed by atoms with Gasteiger partial charge in [-0.2, -0.15) is 0 Å². The summed E-state index contributed by atoms with van der Waals surface area (Å²) in [5.74, 6) is 0. The van der Waals surface area contributed by atoms with Gasteiger partial charge in [-0.25, -0.2) is 0 Å². The first-order chi connectivity index (χ1) is 7.84. The van der Waals surface area contributed by atoms with E-state index in [-0.39, 0.29) is 5.41 Å². The number of halogens is 1. The second-order valence-corrected chi connectivity index (χ2v) is 6.25. The average molecular weight is 254 g/mol. The standard InChI is InChI=1S/C15H24ClN/c1-11-6-7-12(13(16)10-11)8-9-14(17-5)15(2,3)4/h6-7,10,14,17H,8-9H2,1-5H3. The third kappa shape index (κ3) is 4.33. The van der Waals surface area contributed by atoms with Crippen molar-refractivity contribution in [2.45, 2.75) is 46.6 Å². The lowest BCUT2D eigenvalue weighted by molar-refractivity contribution is 0.268. The maximum atomic E-state index is 6.25. The fourth-order valence-electron chi connectivity index (χ4n) is 2.17. The Morgan fingerprint density at radius 1 is 1.29 bits per heavy atom. The van der Waals surface area contributed by atoms with E-state index in [9.17, 15) is 0 Å². The number of nitrogens with one attached hydrogen (secondary N) is 1. The summed E-state index contributed by atoms with van der Waals surface area (Å²) in [6.07, 6.45) is 2.14. The number of hydrogen-bond acceptors (Lipinski definition) is 1. The quantitative estimate of drug-likeness (QED) is 0.848. The van der Waals surface area contributed by atoms with Crippen LogP contribution in [0.5, 0.6) is 0 Å². The van der Waals surface area contributed by atoms with Crippen LogP contribution in [0.3, 0.4) is 0 Å². The molecule has 0 aliphatic rings. The van der Waals surface area contributed by atoms with E-state index in [0.717, 1.165) is 17.9 Å². The molecule has 1 nitrogen and oxygen atoms in total. The Hall–Kier alpha value is -0.530. The SMILES string of the molecule is CNC(CCc1ccc(C)cc1Cl)C(C)(C)C. The van der Waals surface area contributed by atoms with Gasteiger partial charge in [-0.05, 0) is 49.4 Å². The summed E-state index contributed by atoms with van der Waals surface area (Å²) in [6, 6.07) is 6.84. The Balaban J connectivity index is 2.66. The summed E-state index contributed by atoms with van der Waals surface area (Å²) >= 11 is 6.25. The number of rotatable bonds is 4. The van der Waals surface area contributed by atoms with Crippen molar-refractivity contribution in [1.82, 2.24) is 5.32 Å². The molecule has 17 heavy (non-hydrogen) atoms. The first-order valence-electron chi connectivity index (χ1n) is 6.27. The lowest BCUT2D eigenvalue weighted by Gasteiger charge is -2.30. The molecule has 96 valence electrons. The van der Waals surface area contributed by atoms with Crippen LogP contribution in [0.15, 0.2) is 18.2 Å². The highest BCUT2D eigenvalue weighted by Crippen LogP contribution is 2.25. The number of benzene rings is 1. The first-order valence-corrected chi connectivity index (χ1v) is 6.64. The predicted molar refractivity (Wildman–Crippen MR) is 76.8 cm³/mol. The lowest BCUT2D eigenvalue weighted by Crippen LogP contribution is -2.38. The first kappa shape index (κ1) is 14.5. The molecule has 1 rings (SSSR count). The van der Waals surface area contributed by atoms with Crippen LogP contribution >= 0.6 is 11.6 Å². The maximum Gasteiger partial charge on any atom is 0.0440 e. The van der Waals surface area contributed by atoms with Crippen molar-refractivity contribution >= 4 is 11.6 Å². The van der Waals surface area contributed by atoms with E-state index in [1.54, 1.807) is 0 Å². The van der Waals surface area contributed by atoms with Gasteiger partial charge in [0.15, 0.2) is 0 Å². The molecule has 0 radical (unpaired) electrons. The Morgan fingerprint density at radius 3 is 2.41 bits per heavy atom. The van der Waals surface area contributed by atoms with Crippen LogP contribution < -0.4 is 5.32 Å². The molecule has 0 saturated carbocycles. The molecule has 0 amide bonds. The molecule has 0 aliphatic heterocycles. The van der Waals surface area contributed by atoms with Crippen LogP contribution in [0.25, 0.3) is 0 Å². The van der Waals surface area contributed by atoms with E-state index < -0.39 is 0 Å². The summed E-state index contributed by atoms with van der Waals surface area (Å²) in [4.78, 5) is 0. The molecule has 0 aromatic heterocycles. The Labute approximate surface area is 111 Å². The van der Waals surface area contributed by atoms with Gasteiger partial charge < -0.3 is 5.32 Å². The van der Waals surface area contributed by atoms with Gasteiger partial charge in [0.1, 0.15) is 0 Å². The van der Waals surface area contributed by atoms with Crippen molar-refractivity contribution in [1.29, 1.82) is 0 Å². The normalized spacial score (nSPS) is 13.8. The molecule has 0 bridgehead atoms. The van der Waals surface area contributed by atoms with Gasteiger partial charge in [0.2, 0.25) is 0 Å². The average Bonchev–Trinajstić information content (AvgIpc) is 2.19. The maximum absolute atomic E-state index is 6.25. The van der Waals surface area contributed by atoms with Gasteiger partial charge in [0, 0.05) is 11.1 Å². The minimum atomic E-state index is 0.284. The summed E-state index contributed by atoms with van der Waals surface area (Å²) in [7, 11) is 2.03. The minimum Gasteiger partial charge on any atom is -0.316 e. The molecule has 1 atom stereocenters. The fourth-order valence-corrected chi connectivity index (χ4v) is 2.49. The molecule has 0 heterocycles. The van der Waals surface area contributed by atoms with Crippen LogP contribution in [0, 0.1) is 12.3 Å². The van der Waals surface area contributed by atoms with Gasteiger partial charge in [-0.3, -0.25) is 0 Å². The van der Waals surface area contributed by atoms with Crippen LogP contribution in [0.4, 0.5) is 0 Å². The van der Waals surface area contributed by atoms with E-state index in [1.807, 2.05) is 13.1 Å². The van der Waals surface area contributed by atoms with Crippen LogP contribution in [-0.2, 0) is 6.42 Å². The molecule has 1 N–H and O–H groups in total. The summed E-state index contributed by atoms with van der Waals surface area (Å²) in [6.45, 7) is 8.88. The Kier molecular flexibility index (Phi) is 5.03. The van der Waals surface area contributed by atoms with Gasteiger partial charge in [-0.1, -0.05) is 44.5 Å². The zero-order valence-corrected chi connectivity index (χ0v) is 12.4. The van der Waals surface area contributed by atoms with Gasteiger partial charge in [-0.15, -0.1) is 0 Å². The number of aryl methyl sites for hydroxylation is 2. The molecular formula is C15H24ClN. The topological polar surface area (TPSA) is 12.0 Å². The summed E-state index contributed by atoms with van der Waals surface area (Å²) < 4.78 is 0. The lowest BCUT2D eigenvalue weighted by atomic mass is 9.83. The van der Waals surface area contributed by atoms with Crippen molar-refractivity contribution in [2.24, 2.45) is 5.41 Å². The smallest absolute Gasteiger partial charge is 0.0440 e. The molecule has 0 spiro atoms. The van der Waals surface area contributed by atoms with Crippen LogP contribution in [0.1, 0.15) is 38.3 Å². The largest absolute Gasteiger partial charge is 0.316 e. The zero-order valence-electron chi connectivity index (χ0n) is 11.6. The van der Waals surface area contributed by atoms with Crippen molar-refractivity contribution in [3.05, 3.63) is 34.3 Å². The fraction of sp³-hybridized carbons (Fsp3) is 0.600. The molecule has 2 heteroatoms. The predicted octanol–water partition coefficient (Wildman–Crippen LogP) is 4.22. The zero-order chi connectivity index (χ0) is 13.1. The minimum absolute atomic E-state index is 0.284.